The molecule has 0 aromatic carbocycles. The maximum atomic E-state index is 11.5. The molecule has 0 amide bonds. The summed E-state index contributed by atoms with van der Waals surface area (Å²) in [4.78, 5) is 0.655. The van der Waals surface area contributed by atoms with Crippen molar-refractivity contribution in [2.45, 2.75) is 11.7 Å². The van der Waals surface area contributed by atoms with Crippen LogP contribution in [0.3, 0.4) is 0 Å². The van der Waals surface area contributed by atoms with Gasteiger partial charge in [0.15, 0.2) is 5.76 Å². The molecule has 3 rings (SSSR count). The molecular formula is C9H8O5S2. The van der Waals surface area contributed by atoms with Crippen LogP contribution >= 0.6 is 11.8 Å². The van der Waals surface area contributed by atoms with E-state index in [2.05, 4.69) is 0 Å². The number of ether oxygens (including phenoxy) is 4. The molecule has 86 valence electrons. The molecule has 0 fully saturated rings. The van der Waals surface area contributed by atoms with Crippen molar-refractivity contribution in [1.29, 1.82) is 0 Å². The lowest BCUT2D eigenvalue weighted by Gasteiger charge is -2.15. The van der Waals surface area contributed by atoms with E-state index < -0.39 is 17.5 Å². The molecule has 0 bridgehead atoms. The van der Waals surface area contributed by atoms with Gasteiger partial charge in [-0.15, -0.1) is 0 Å². The van der Waals surface area contributed by atoms with E-state index in [4.69, 9.17) is 18.9 Å². The van der Waals surface area contributed by atoms with Crippen LogP contribution in [0, 0.1) is 0 Å². The molecule has 7 heteroatoms. The summed E-state index contributed by atoms with van der Waals surface area (Å²) >= 11 is 0.321. The zero-order valence-corrected chi connectivity index (χ0v) is 9.66. The van der Waals surface area contributed by atoms with Crippen LogP contribution in [0.2, 0.25) is 0 Å². The molecule has 3 heterocycles. The Bertz CT molecular complexity index is 370. The highest BCUT2D eigenvalue weighted by Gasteiger charge is 2.38. The van der Waals surface area contributed by atoms with Crippen molar-refractivity contribution in [1.82, 2.24) is 0 Å². The molecular weight excluding hydrogens is 252 g/mol. The van der Waals surface area contributed by atoms with Crippen LogP contribution in [0.4, 0.5) is 0 Å². The van der Waals surface area contributed by atoms with Gasteiger partial charge >= 0.3 is 0 Å². The Labute approximate surface area is 99.2 Å². The maximum Gasteiger partial charge on any atom is 0.299 e. The normalized spacial score (nSPS) is 32.6. The van der Waals surface area contributed by atoms with E-state index in [1.807, 2.05) is 0 Å². The predicted molar refractivity (Wildman–Crippen MR) is 57.8 cm³/mol. The smallest absolute Gasteiger partial charge is 0.299 e. The Morgan fingerprint density at radius 1 is 1.38 bits per heavy atom. The third-order valence-corrected chi connectivity index (χ3v) is 4.41. The minimum Gasteiger partial charge on any atom is -0.609 e. The van der Waals surface area contributed by atoms with E-state index in [-0.39, 0.29) is 11.4 Å². The monoisotopic (exact) mass is 260 g/mol. The first-order valence-electron chi connectivity index (χ1n) is 4.53. The number of rotatable bonds is 2. The summed E-state index contributed by atoms with van der Waals surface area (Å²) in [6, 6.07) is 0. The van der Waals surface area contributed by atoms with E-state index in [1.165, 1.54) is 30.5 Å². The van der Waals surface area contributed by atoms with Crippen molar-refractivity contribution in [3.05, 3.63) is 34.9 Å². The second-order valence-electron chi connectivity index (χ2n) is 3.13. The minimum atomic E-state index is -1.10. The summed E-state index contributed by atoms with van der Waals surface area (Å²) < 4.78 is 32.4. The molecule has 0 aliphatic carbocycles. The topological polar surface area (TPSA) is 60.0 Å². The summed E-state index contributed by atoms with van der Waals surface area (Å²) in [5.41, 5.74) is -0.300. The van der Waals surface area contributed by atoms with E-state index in [0.717, 1.165) is 0 Å². The van der Waals surface area contributed by atoms with Gasteiger partial charge in [-0.1, -0.05) is 11.8 Å². The van der Waals surface area contributed by atoms with Crippen LogP contribution in [0.1, 0.15) is 0 Å². The van der Waals surface area contributed by atoms with Crippen molar-refractivity contribution in [3.63, 3.8) is 0 Å². The van der Waals surface area contributed by atoms with Gasteiger partial charge in [0, 0.05) is 16.6 Å². The quantitative estimate of drug-likeness (QED) is 0.698. The zero-order chi connectivity index (χ0) is 11.0. The summed E-state index contributed by atoms with van der Waals surface area (Å²) in [7, 11) is 0. The van der Waals surface area contributed by atoms with Crippen molar-refractivity contribution < 1.29 is 23.5 Å². The highest BCUT2D eigenvalue weighted by molar-refractivity contribution is 8.04. The van der Waals surface area contributed by atoms with E-state index in [9.17, 15) is 4.55 Å². The van der Waals surface area contributed by atoms with Crippen LogP contribution in [-0.4, -0.2) is 22.2 Å². The number of hydrogen-bond acceptors (Lipinski definition) is 6. The van der Waals surface area contributed by atoms with Gasteiger partial charge in [-0.3, -0.25) is 0 Å². The molecule has 0 saturated heterocycles. The lowest BCUT2D eigenvalue weighted by molar-refractivity contribution is -0.0338. The third-order valence-electron chi connectivity index (χ3n) is 2.11. The van der Waals surface area contributed by atoms with Crippen LogP contribution in [-0.2, 0) is 30.1 Å². The van der Waals surface area contributed by atoms with Gasteiger partial charge in [-0.2, -0.15) is 0 Å². The second-order valence-corrected chi connectivity index (χ2v) is 5.47. The molecule has 0 radical (unpaired) electrons. The first-order valence-corrected chi connectivity index (χ1v) is 6.79. The third kappa shape index (κ3) is 1.74. The molecule has 2 atom stereocenters. The molecule has 0 N–H and O–H groups in total. The first kappa shape index (κ1) is 10.2. The lowest BCUT2D eigenvalue weighted by atomic mass is 10.5. The fourth-order valence-corrected chi connectivity index (χ4v) is 3.42. The standard InChI is InChI=1S/C9H8O5S2/c10-16-5-11-3-7(16)9-14-6(4-15-9)8-12-1-2-13-8/h1-4,8-9H,5H2. The van der Waals surface area contributed by atoms with Gasteiger partial charge in [-0.25, -0.2) is 0 Å². The Hall–Kier alpha value is -0.920. The van der Waals surface area contributed by atoms with Crippen LogP contribution < -0.4 is 0 Å². The number of hydrogen-bond donors (Lipinski definition) is 0. The molecule has 16 heavy (non-hydrogen) atoms. The van der Waals surface area contributed by atoms with Crippen molar-refractivity contribution in [3.8, 4) is 0 Å². The van der Waals surface area contributed by atoms with Crippen molar-refractivity contribution >= 4 is 22.9 Å². The van der Waals surface area contributed by atoms with Gasteiger partial charge in [0.2, 0.25) is 16.3 Å². The van der Waals surface area contributed by atoms with Gasteiger partial charge in [0.1, 0.15) is 18.8 Å². The van der Waals surface area contributed by atoms with Gasteiger partial charge in [0.25, 0.3) is 6.29 Å². The molecule has 0 aromatic heterocycles. The highest BCUT2D eigenvalue weighted by atomic mass is 32.2. The van der Waals surface area contributed by atoms with Gasteiger partial charge in [0.05, 0.1) is 0 Å². The summed E-state index contributed by atoms with van der Waals surface area (Å²) in [6.45, 7) is 0. The molecule has 0 spiro atoms. The lowest BCUT2D eigenvalue weighted by Crippen LogP contribution is -2.18. The SMILES string of the molecule is [O-][S+]1COC=C1C1OC(C2OC=CO2)=CS1. The maximum absolute atomic E-state index is 11.5. The summed E-state index contributed by atoms with van der Waals surface area (Å²) in [6.07, 6.45) is 3.90. The Kier molecular flexibility index (Phi) is 2.66. The van der Waals surface area contributed by atoms with E-state index in [0.29, 0.717) is 10.7 Å². The van der Waals surface area contributed by atoms with Gasteiger partial charge < -0.3 is 23.5 Å². The van der Waals surface area contributed by atoms with E-state index >= 15 is 0 Å². The molecule has 0 saturated carbocycles. The number of thioether (sulfide) groups is 1. The van der Waals surface area contributed by atoms with Crippen LogP contribution in [0.5, 0.6) is 0 Å². The minimum absolute atomic E-state index is 0.211. The van der Waals surface area contributed by atoms with Crippen LogP contribution in [0.15, 0.2) is 34.9 Å². The Morgan fingerprint density at radius 3 is 2.88 bits per heavy atom. The Morgan fingerprint density at radius 2 is 2.19 bits per heavy atom. The molecule has 3 aliphatic heterocycles. The van der Waals surface area contributed by atoms with Crippen molar-refractivity contribution in [2.75, 3.05) is 5.94 Å². The summed E-state index contributed by atoms with van der Waals surface area (Å²) in [5, 5.41) is 1.80. The molecule has 2 unspecified atom stereocenters. The predicted octanol–water partition coefficient (Wildman–Crippen LogP) is 1.34. The molecule has 0 aromatic rings. The van der Waals surface area contributed by atoms with Crippen molar-refractivity contribution in [2.24, 2.45) is 0 Å². The Balaban J connectivity index is 1.63. The van der Waals surface area contributed by atoms with E-state index in [1.54, 1.807) is 5.41 Å². The fourth-order valence-electron chi connectivity index (χ4n) is 1.38. The summed E-state index contributed by atoms with van der Waals surface area (Å²) in [5.74, 6) is 0.799. The second kappa shape index (κ2) is 4.15. The van der Waals surface area contributed by atoms with Crippen LogP contribution in [0.25, 0.3) is 0 Å². The average Bonchev–Trinajstić information content (AvgIpc) is 2.96. The zero-order valence-electron chi connectivity index (χ0n) is 8.03. The largest absolute Gasteiger partial charge is 0.609 e. The highest BCUT2D eigenvalue weighted by Crippen LogP contribution is 2.38. The molecule has 3 aliphatic rings. The van der Waals surface area contributed by atoms with Gasteiger partial charge in [-0.05, 0) is 0 Å². The average molecular weight is 260 g/mol. The molecule has 5 nitrogen and oxygen atoms in total. The fraction of sp³-hybridized carbons (Fsp3) is 0.333. The first-order chi connectivity index (χ1) is 7.84.